The Bertz CT molecular complexity index is 1480. The molecule has 0 spiro atoms. The summed E-state index contributed by atoms with van der Waals surface area (Å²) in [7, 11) is 1.59. The average Bonchev–Trinajstić information content (AvgIpc) is 3.16. The molecule has 0 fully saturated rings. The first-order valence-corrected chi connectivity index (χ1v) is 12.3. The van der Waals surface area contributed by atoms with E-state index >= 15 is 0 Å². The Morgan fingerprint density at radius 3 is 2.42 bits per heavy atom. The van der Waals surface area contributed by atoms with Gasteiger partial charge in [0.25, 0.3) is 5.56 Å². The standard InChI is InChI=1S/C28H28N2O5S/c1-6-15-34-22-11-7-19(8-12-22)16-23-26(31)30-25(20-9-13-21(33-5)14-10-20)24(27(32)35-17(2)3)18(4)29-28(30)36-23/h6-14,16-17,25H,1,15H2,2-5H3. The van der Waals surface area contributed by atoms with Gasteiger partial charge in [-0.3, -0.25) is 9.36 Å². The van der Waals surface area contributed by atoms with Crippen LogP contribution in [-0.2, 0) is 9.53 Å². The lowest BCUT2D eigenvalue weighted by Crippen LogP contribution is -2.40. The normalized spacial score (nSPS) is 15.4. The number of hydrogen-bond acceptors (Lipinski definition) is 7. The van der Waals surface area contributed by atoms with Crippen LogP contribution in [-0.4, -0.2) is 30.4 Å². The molecule has 4 rings (SSSR count). The number of methoxy groups -OCH3 is 1. The second-order valence-corrected chi connectivity index (χ2v) is 9.49. The minimum atomic E-state index is -0.671. The number of thiazole rings is 1. The zero-order valence-corrected chi connectivity index (χ0v) is 21.5. The van der Waals surface area contributed by atoms with Crippen LogP contribution in [0.5, 0.6) is 11.5 Å². The molecule has 36 heavy (non-hydrogen) atoms. The number of carbonyl (C=O) groups excluding carboxylic acids is 1. The molecule has 2 heterocycles. The quantitative estimate of drug-likeness (QED) is 0.345. The van der Waals surface area contributed by atoms with Crippen molar-refractivity contribution in [3.63, 3.8) is 0 Å². The Morgan fingerprint density at radius 1 is 1.14 bits per heavy atom. The van der Waals surface area contributed by atoms with Crippen molar-refractivity contribution in [1.29, 1.82) is 0 Å². The Kier molecular flexibility index (Phi) is 7.55. The predicted molar refractivity (Wildman–Crippen MR) is 140 cm³/mol. The number of fused-ring (bicyclic) bond motifs is 1. The zero-order chi connectivity index (χ0) is 25.8. The lowest BCUT2D eigenvalue weighted by atomic mass is 9.96. The van der Waals surface area contributed by atoms with Crippen LogP contribution >= 0.6 is 11.3 Å². The largest absolute Gasteiger partial charge is 0.497 e. The van der Waals surface area contributed by atoms with Crippen molar-refractivity contribution in [2.24, 2.45) is 4.99 Å². The third-order valence-electron chi connectivity index (χ3n) is 5.56. The smallest absolute Gasteiger partial charge is 0.338 e. The summed E-state index contributed by atoms with van der Waals surface area (Å²) in [6.45, 7) is 9.42. The zero-order valence-electron chi connectivity index (χ0n) is 20.7. The summed E-state index contributed by atoms with van der Waals surface area (Å²) in [5.41, 5.74) is 2.25. The van der Waals surface area contributed by atoms with Crippen LogP contribution in [0, 0.1) is 0 Å². The van der Waals surface area contributed by atoms with E-state index in [4.69, 9.17) is 14.2 Å². The third-order valence-corrected chi connectivity index (χ3v) is 6.54. The number of allylic oxidation sites excluding steroid dienone is 1. The SMILES string of the molecule is C=CCOc1ccc(C=c2sc3n(c2=O)C(c2ccc(OC)cc2)C(C(=O)OC(C)C)=C(C)N=3)cc1. The van der Waals surface area contributed by atoms with Crippen molar-refractivity contribution in [3.8, 4) is 11.5 Å². The summed E-state index contributed by atoms with van der Waals surface area (Å²) in [6.07, 6.45) is 3.19. The van der Waals surface area contributed by atoms with E-state index in [2.05, 4.69) is 11.6 Å². The van der Waals surface area contributed by atoms with Crippen LogP contribution in [0.3, 0.4) is 0 Å². The number of ether oxygens (including phenoxy) is 3. The number of nitrogens with zero attached hydrogens (tertiary/aromatic N) is 2. The second kappa shape index (κ2) is 10.8. The Hall–Kier alpha value is -3.91. The highest BCUT2D eigenvalue weighted by molar-refractivity contribution is 7.07. The van der Waals surface area contributed by atoms with E-state index in [1.807, 2.05) is 54.6 Å². The molecular weight excluding hydrogens is 476 g/mol. The van der Waals surface area contributed by atoms with Gasteiger partial charge in [-0.25, -0.2) is 9.79 Å². The van der Waals surface area contributed by atoms with Gasteiger partial charge in [-0.05, 0) is 62.2 Å². The molecule has 8 heteroatoms. The maximum atomic E-state index is 13.7. The van der Waals surface area contributed by atoms with Crippen molar-refractivity contribution in [3.05, 3.63) is 103 Å². The number of esters is 1. The number of carbonyl (C=O) groups is 1. The number of rotatable bonds is 8. The van der Waals surface area contributed by atoms with Crippen molar-refractivity contribution in [2.75, 3.05) is 13.7 Å². The molecule has 1 unspecified atom stereocenters. The van der Waals surface area contributed by atoms with Gasteiger partial charge in [-0.2, -0.15) is 0 Å². The molecule has 7 nitrogen and oxygen atoms in total. The molecule has 2 aromatic carbocycles. The van der Waals surface area contributed by atoms with Crippen molar-refractivity contribution in [2.45, 2.75) is 32.9 Å². The molecule has 0 bridgehead atoms. The molecular formula is C28H28N2O5S. The number of hydrogen-bond donors (Lipinski definition) is 0. The summed E-state index contributed by atoms with van der Waals surface area (Å²) < 4.78 is 18.4. The first kappa shape index (κ1) is 25.2. The van der Waals surface area contributed by atoms with E-state index in [-0.39, 0.29) is 11.7 Å². The van der Waals surface area contributed by atoms with Crippen LogP contribution in [0.4, 0.5) is 0 Å². The Morgan fingerprint density at radius 2 is 1.81 bits per heavy atom. The maximum absolute atomic E-state index is 13.7. The van der Waals surface area contributed by atoms with E-state index in [0.29, 0.717) is 33.0 Å². The van der Waals surface area contributed by atoms with Gasteiger partial charge in [0.15, 0.2) is 4.80 Å². The van der Waals surface area contributed by atoms with Crippen LogP contribution in [0.1, 0.15) is 37.9 Å². The molecule has 1 aromatic heterocycles. The van der Waals surface area contributed by atoms with E-state index in [9.17, 15) is 9.59 Å². The van der Waals surface area contributed by atoms with Gasteiger partial charge >= 0.3 is 5.97 Å². The van der Waals surface area contributed by atoms with Gasteiger partial charge in [0.2, 0.25) is 0 Å². The van der Waals surface area contributed by atoms with Crippen molar-refractivity contribution < 1.29 is 19.0 Å². The minimum absolute atomic E-state index is 0.228. The van der Waals surface area contributed by atoms with Crippen LogP contribution in [0.15, 0.2) is 82.2 Å². The highest BCUT2D eigenvalue weighted by atomic mass is 32.1. The first-order valence-electron chi connectivity index (χ1n) is 11.5. The van der Waals surface area contributed by atoms with Gasteiger partial charge in [-0.15, -0.1) is 0 Å². The molecule has 1 atom stereocenters. The molecule has 0 aliphatic carbocycles. The molecule has 0 saturated heterocycles. The Balaban J connectivity index is 1.84. The Labute approximate surface area is 213 Å². The molecule has 0 radical (unpaired) electrons. The molecule has 0 N–H and O–H groups in total. The summed E-state index contributed by atoms with van der Waals surface area (Å²) >= 11 is 1.29. The van der Waals surface area contributed by atoms with Crippen LogP contribution < -0.4 is 24.4 Å². The molecule has 186 valence electrons. The van der Waals surface area contributed by atoms with Gasteiger partial charge in [-0.1, -0.05) is 48.3 Å². The summed E-state index contributed by atoms with van der Waals surface area (Å²) in [6, 6.07) is 14.1. The van der Waals surface area contributed by atoms with Crippen LogP contribution in [0.2, 0.25) is 0 Å². The average molecular weight is 505 g/mol. The fraction of sp³-hybridized carbons (Fsp3) is 0.250. The van der Waals surface area contributed by atoms with E-state index in [1.54, 1.807) is 38.5 Å². The van der Waals surface area contributed by atoms with Crippen molar-refractivity contribution in [1.82, 2.24) is 4.57 Å². The summed E-state index contributed by atoms with van der Waals surface area (Å²) in [5, 5.41) is 0. The topological polar surface area (TPSA) is 79.1 Å². The van der Waals surface area contributed by atoms with E-state index in [1.165, 1.54) is 11.3 Å². The van der Waals surface area contributed by atoms with E-state index < -0.39 is 12.0 Å². The van der Waals surface area contributed by atoms with Gasteiger partial charge in [0, 0.05) is 0 Å². The maximum Gasteiger partial charge on any atom is 0.338 e. The van der Waals surface area contributed by atoms with Gasteiger partial charge in [0.05, 0.1) is 35.1 Å². The molecule has 1 aliphatic heterocycles. The summed E-state index contributed by atoms with van der Waals surface area (Å²) in [5.74, 6) is 0.909. The summed E-state index contributed by atoms with van der Waals surface area (Å²) in [4.78, 5) is 32.0. The van der Waals surface area contributed by atoms with Gasteiger partial charge in [0.1, 0.15) is 18.1 Å². The predicted octanol–water partition coefficient (Wildman–Crippen LogP) is 3.76. The second-order valence-electron chi connectivity index (χ2n) is 8.48. The molecule has 3 aromatic rings. The number of benzene rings is 2. The highest BCUT2D eigenvalue weighted by Gasteiger charge is 2.33. The lowest BCUT2D eigenvalue weighted by molar-refractivity contribution is -0.143. The lowest BCUT2D eigenvalue weighted by Gasteiger charge is -2.25. The molecule has 1 aliphatic rings. The molecule has 0 amide bonds. The fourth-order valence-corrected chi connectivity index (χ4v) is 4.98. The number of aromatic nitrogens is 1. The monoisotopic (exact) mass is 504 g/mol. The third kappa shape index (κ3) is 5.18. The first-order chi connectivity index (χ1) is 17.3. The van der Waals surface area contributed by atoms with Gasteiger partial charge < -0.3 is 14.2 Å². The highest BCUT2D eigenvalue weighted by Crippen LogP contribution is 2.31. The molecule has 0 saturated carbocycles. The van der Waals surface area contributed by atoms with Crippen LogP contribution in [0.25, 0.3) is 6.08 Å². The van der Waals surface area contributed by atoms with Crippen molar-refractivity contribution >= 4 is 23.4 Å². The fourth-order valence-electron chi connectivity index (χ4n) is 3.93. The van der Waals surface area contributed by atoms with E-state index in [0.717, 1.165) is 16.9 Å². The minimum Gasteiger partial charge on any atom is -0.497 e.